The molecule has 3 aromatic carbocycles. The summed E-state index contributed by atoms with van der Waals surface area (Å²) >= 11 is 0. The van der Waals surface area contributed by atoms with Crippen molar-refractivity contribution in [3.8, 4) is 0 Å². The van der Waals surface area contributed by atoms with Crippen LogP contribution in [-0.2, 0) is 0 Å². The molecule has 0 N–H and O–H groups in total. The predicted octanol–water partition coefficient (Wildman–Crippen LogP) is 4.99. The summed E-state index contributed by atoms with van der Waals surface area (Å²) in [5, 5.41) is 4.28. The number of rotatable bonds is 0. The fourth-order valence-corrected chi connectivity index (χ4v) is 2.85. The van der Waals surface area contributed by atoms with Crippen LogP contribution in [0.5, 0.6) is 0 Å². The third-order valence-electron chi connectivity index (χ3n) is 3.90. The van der Waals surface area contributed by atoms with Crippen LogP contribution < -0.4 is 0 Å². The summed E-state index contributed by atoms with van der Waals surface area (Å²) in [5.74, 6) is -0.220. The smallest absolute Gasteiger partial charge is 0.123 e. The second kappa shape index (κ2) is 4.01. The van der Waals surface area contributed by atoms with Crippen molar-refractivity contribution in [2.24, 2.45) is 0 Å². The summed E-state index contributed by atoms with van der Waals surface area (Å²) in [7, 11) is 0. The molecular weight excluding hydrogens is 249 g/mol. The lowest BCUT2D eigenvalue weighted by Gasteiger charge is -2.09. The van der Waals surface area contributed by atoms with Gasteiger partial charge in [-0.25, -0.2) is 9.37 Å². The highest BCUT2D eigenvalue weighted by Gasteiger charge is 2.09. The third kappa shape index (κ3) is 1.51. The van der Waals surface area contributed by atoms with Gasteiger partial charge in [0.15, 0.2) is 0 Å². The minimum atomic E-state index is -0.220. The van der Waals surface area contributed by atoms with E-state index in [2.05, 4.69) is 24.3 Å². The first-order valence-corrected chi connectivity index (χ1v) is 6.61. The molecule has 96 valence electrons. The number of aryl methyl sites for hydroxylation is 1. The van der Waals surface area contributed by atoms with Crippen LogP contribution >= 0.6 is 0 Å². The summed E-state index contributed by atoms with van der Waals surface area (Å²) in [5.41, 5.74) is 2.91. The highest BCUT2D eigenvalue weighted by molar-refractivity contribution is 6.10. The summed E-state index contributed by atoms with van der Waals surface area (Å²) in [6.07, 6.45) is 0. The lowest BCUT2D eigenvalue weighted by molar-refractivity contribution is 0.629. The van der Waals surface area contributed by atoms with Gasteiger partial charge in [0.1, 0.15) is 5.82 Å². The highest BCUT2D eigenvalue weighted by Crippen LogP contribution is 2.30. The fraction of sp³-hybridized carbons (Fsp3) is 0.0556. The Morgan fingerprint density at radius 2 is 1.70 bits per heavy atom. The van der Waals surface area contributed by atoms with E-state index in [1.165, 1.54) is 11.5 Å². The maximum Gasteiger partial charge on any atom is 0.123 e. The molecule has 0 aliphatic carbocycles. The molecule has 0 atom stereocenters. The molecule has 2 heteroatoms. The van der Waals surface area contributed by atoms with E-state index in [9.17, 15) is 4.39 Å². The predicted molar refractivity (Wildman–Crippen MR) is 81.5 cm³/mol. The van der Waals surface area contributed by atoms with Gasteiger partial charge in [0.2, 0.25) is 0 Å². The molecule has 0 aliphatic rings. The molecule has 1 aromatic heterocycles. The average molecular weight is 261 g/mol. The average Bonchev–Trinajstić information content (AvgIpc) is 2.48. The van der Waals surface area contributed by atoms with Crippen LogP contribution in [0.3, 0.4) is 0 Å². The Morgan fingerprint density at radius 3 is 2.60 bits per heavy atom. The summed E-state index contributed by atoms with van der Waals surface area (Å²) < 4.78 is 13.4. The number of hydrogen-bond donors (Lipinski definition) is 0. The largest absolute Gasteiger partial charge is 0.247 e. The molecule has 0 bridgehead atoms. The molecule has 0 spiro atoms. The van der Waals surface area contributed by atoms with Gasteiger partial charge in [0.25, 0.3) is 0 Å². The van der Waals surface area contributed by atoms with Gasteiger partial charge >= 0.3 is 0 Å². The van der Waals surface area contributed by atoms with E-state index in [-0.39, 0.29) is 5.82 Å². The lowest BCUT2D eigenvalue weighted by Crippen LogP contribution is -1.90. The van der Waals surface area contributed by atoms with Gasteiger partial charge in [0, 0.05) is 16.2 Å². The number of pyridine rings is 1. The van der Waals surface area contributed by atoms with Crippen molar-refractivity contribution in [2.45, 2.75) is 6.92 Å². The number of nitrogens with zero attached hydrogens (tertiary/aromatic N) is 1. The second-order valence-corrected chi connectivity index (χ2v) is 5.08. The topological polar surface area (TPSA) is 12.9 Å². The molecule has 20 heavy (non-hydrogen) atoms. The van der Waals surface area contributed by atoms with E-state index in [0.717, 1.165) is 32.8 Å². The van der Waals surface area contributed by atoms with Gasteiger partial charge in [-0.15, -0.1) is 0 Å². The van der Waals surface area contributed by atoms with Crippen LogP contribution in [0.1, 0.15) is 5.56 Å². The van der Waals surface area contributed by atoms with Crippen LogP contribution in [-0.4, -0.2) is 4.98 Å². The SMILES string of the molecule is Cc1c2cc(F)ccc2nc2c1ccc1ccccc12. The molecule has 0 fully saturated rings. The van der Waals surface area contributed by atoms with Gasteiger partial charge in [-0.05, 0) is 36.1 Å². The Kier molecular flexibility index (Phi) is 2.27. The Bertz CT molecular complexity index is 973. The van der Waals surface area contributed by atoms with E-state index in [1.54, 1.807) is 12.1 Å². The summed E-state index contributed by atoms with van der Waals surface area (Å²) in [6.45, 7) is 2.03. The van der Waals surface area contributed by atoms with Crippen LogP contribution in [0, 0.1) is 12.7 Å². The molecule has 0 unspecified atom stereocenters. The van der Waals surface area contributed by atoms with E-state index in [0.29, 0.717) is 0 Å². The van der Waals surface area contributed by atoms with Crippen molar-refractivity contribution in [1.29, 1.82) is 0 Å². The van der Waals surface area contributed by atoms with Crippen LogP contribution in [0.2, 0.25) is 0 Å². The molecule has 1 nitrogen and oxygen atoms in total. The Balaban J connectivity index is 2.28. The monoisotopic (exact) mass is 261 g/mol. The molecule has 0 aliphatic heterocycles. The highest BCUT2D eigenvalue weighted by atomic mass is 19.1. The van der Waals surface area contributed by atoms with E-state index >= 15 is 0 Å². The normalized spacial score (nSPS) is 11.5. The number of halogens is 1. The molecule has 1 heterocycles. The molecule has 0 saturated heterocycles. The standard InChI is InChI=1S/C18H12FN/c1-11-14-8-6-12-4-2-3-5-15(12)18(14)20-17-9-7-13(19)10-16(11)17/h2-10H,1H3. The quantitative estimate of drug-likeness (QED) is 0.321. The van der Waals surface area contributed by atoms with Gasteiger partial charge in [-0.1, -0.05) is 36.4 Å². The number of hydrogen-bond acceptors (Lipinski definition) is 1. The molecule has 4 aromatic rings. The maximum atomic E-state index is 13.4. The third-order valence-corrected chi connectivity index (χ3v) is 3.90. The molecule has 0 amide bonds. The number of fused-ring (bicyclic) bond motifs is 4. The lowest BCUT2D eigenvalue weighted by atomic mass is 10.00. The Morgan fingerprint density at radius 1 is 0.850 bits per heavy atom. The van der Waals surface area contributed by atoms with Crippen molar-refractivity contribution < 1.29 is 4.39 Å². The first kappa shape index (κ1) is 11.4. The molecule has 0 radical (unpaired) electrons. The van der Waals surface area contributed by atoms with Crippen LogP contribution in [0.15, 0.2) is 54.6 Å². The minimum absolute atomic E-state index is 0.220. The van der Waals surface area contributed by atoms with Gasteiger partial charge in [-0.2, -0.15) is 0 Å². The number of benzene rings is 3. The zero-order valence-electron chi connectivity index (χ0n) is 11.0. The summed E-state index contributed by atoms with van der Waals surface area (Å²) in [4.78, 5) is 4.74. The van der Waals surface area contributed by atoms with E-state index in [1.807, 2.05) is 19.1 Å². The fourth-order valence-electron chi connectivity index (χ4n) is 2.85. The molecular formula is C18H12FN. The van der Waals surface area contributed by atoms with Gasteiger partial charge in [-0.3, -0.25) is 0 Å². The summed E-state index contributed by atoms with van der Waals surface area (Å²) in [6, 6.07) is 17.2. The first-order chi connectivity index (χ1) is 9.74. The second-order valence-electron chi connectivity index (χ2n) is 5.08. The number of aromatic nitrogens is 1. The molecule has 4 rings (SSSR count). The molecule has 0 saturated carbocycles. The van der Waals surface area contributed by atoms with E-state index < -0.39 is 0 Å². The van der Waals surface area contributed by atoms with Crippen LogP contribution in [0.4, 0.5) is 4.39 Å². The van der Waals surface area contributed by atoms with Gasteiger partial charge < -0.3 is 0 Å². The van der Waals surface area contributed by atoms with Crippen molar-refractivity contribution in [3.63, 3.8) is 0 Å². The van der Waals surface area contributed by atoms with Crippen molar-refractivity contribution in [3.05, 3.63) is 66.0 Å². The zero-order valence-corrected chi connectivity index (χ0v) is 11.0. The maximum absolute atomic E-state index is 13.4. The first-order valence-electron chi connectivity index (χ1n) is 6.61. The van der Waals surface area contributed by atoms with Crippen molar-refractivity contribution >= 4 is 32.6 Å². The Labute approximate surface area is 115 Å². The van der Waals surface area contributed by atoms with Gasteiger partial charge in [0.05, 0.1) is 11.0 Å². The van der Waals surface area contributed by atoms with Crippen molar-refractivity contribution in [1.82, 2.24) is 4.98 Å². The van der Waals surface area contributed by atoms with E-state index in [4.69, 9.17) is 4.98 Å². The minimum Gasteiger partial charge on any atom is -0.247 e. The zero-order chi connectivity index (χ0) is 13.7. The van der Waals surface area contributed by atoms with Crippen LogP contribution in [0.25, 0.3) is 32.6 Å². The Hall–Kier alpha value is -2.48. The van der Waals surface area contributed by atoms with Crippen molar-refractivity contribution in [2.75, 3.05) is 0 Å².